The van der Waals surface area contributed by atoms with Crippen LogP contribution in [0, 0.1) is 0 Å². The van der Waals surface area contributed by atoms with Crippen molar-refractivity contribution in [3.8, 4) is 0 Å². The normalized spacial score (nSPS) is 10.9. The zero-order chi connectivity index (χ0) is 31.1. The molecule has 0 radical (unpaired) electrons. The molecule has 6 N–H and O–H groups in total. The zero-order valence-electron chi connectivity index (χ0n) is 23.2. The van der Waals surface area contributed by atoms with Gasteiger partial charge in [-0.05, 0) is 41.5 Å². The third kappa shape index (κ3) is 10.8. The summed E-state index contributed by atoms with van der Waals surface area (Å²) >= 11 is 0. The van der Waals surface area contributed by atoms with Crippen LogP contribution in [0.4, 0.5) is 29.3 Å². The Morgan fingerprint density at radius 2 is 1.50 bits per heavy atom. The maximum atomic E-state index is 13.5. The number of amides is 3. The fourth-order valence-corrected chi connectivity index (χ4v) is 3.43. The number of carbonyl (C=O) groups excluding carboxylic acids is 3. The van der Waals surface area contributed by atoms with Gasteiger partial charge < -0.3 is 25.5 Å². The number of nitrogens with one attached hydrogen (secondary N) is 4. The van der Waals surface area contributed by atoms with Crippen molar-refractivity contribution in [1.82, 2.24) is 10.6 Å². The number of alkyl halides is 3. The fourth-order valence-electron chi connectivity index (χ4n) is 3.43. The minimum atomic E-state index is -4.74. The number of ether oxygens (including phenoxy) is 1. The summed E-state index contributed by atoms with van der Waals surface area (Å²) in [4.78, 5) is 40.9. The summed E-state index contributed by atoms with van der Waals surface area (Å²) in [6.07, 6.45) is -3.56. The van der Waals surface area contributed by atoms with Crippen LogP contribution in [-0.2, 0) is 33.5 Å². The maximum Gasteiger partial charge on any atom is 0.416 e. The first-order chi connectivity index (χ1) is 20.1. The average molecular weight is 588 g/mol. The molecule has 0 unspecified atom stereocenters. The Morgan fingerprint density at radius 3 is 2.07 bits per heavy atom. The van der Waals surface area contributed by atoms with Gasteiger partial charge in [-0.1, -0.05) is 56.3 Å². The van der Waals surface area contributed by atoms with Gasteiger partial charge in [0.25, 0.3) is 0 Å². The minimum Gasteiger partial charge on any atom is -0.465 e. The molecule has 0 aliphatic heterocycles. The van der Waals surface area contributed by atoms with Crippen LogP contribution < -0.4 is 27.2 Å². The van der Waals surface area contributed by atoms with Gasteiger partial charge in [0.1, 0.15) is 0 Å². The molecule has 0 fully saturated rings. The molecule has 0 bridgehead atoms. The highest BCUT2D eigenvalue weighted by Gasteiger charge is 2.31. The number of benzene rings is 3. The van der Waals surface area contributed by atoms with Gasteiger partial charge in [-0.25, -0.2) is 9.59 Å². The molecule has 0 heterocycles. The van der Waals surface area contributed by atoms with Crippen molar-refractivity contribution in [3.63, 3.8) is 0 Å². The van der Waals surface area contributed by atoms with E-state index in [4.69, 9.17) is 5.90 Å². The second kappa shape index (κ2) is 16.3. The number of hydrogen-bond donors (Lipinski definition) is 5. The molecular formula is C29H32F3N5O5. The first-order valence-electron chi connectivity index (χ1n) is 12.7. The van der Waals surface area contributed by atoms with Gasteiger partial charge in [0.2, 0.25) is 11.8 Å². The number of anilines is 2. The second-order valence-corrected chi connectivity index (χ2v) is 8.28. The molecule has 0 saturated heterocycles. The van der Waals surface area contributed by atoms with Gasteiger partial charge in [-0.3, -0.25) is 10.1 Å². The Balaban J connectivity index is 0.00000301. The molecule has 0 atom stereocenters. The van der Waals surface area contributed by atoms with E-state index in [9.17, 15) is 27.6 Å². The quantitative estimate of drug-likeness (QED) is 0.123. The molecule has 3 amide bonds. The maximum absolute atomic E-state index is 13.5. The summed E-state index contributed by atoms with van der Waals surface area (Å²) in [5.41, 5.74) is 0.355. The molecule has 10 nitrogen and oxygen atoms in total. The third-order valence-corrected chi connectivity index (χ3v) is 5.29. The van der Waals surface area contributed by atoms with Crippen LogP contribution >= 0.6 is 0 Å². The Bertz CT molecular complexity index is 1360. The van der Waals surface area contributed by atoms with Crippen molar-refractivity contribution < 1.29 is 37.1 Å². The molecule has 3 rings (SSSR count). The standard InChI is InChI=1S/C27H26F3N5O5.C2H6/c1-39-25(37)19-9-7-18(8-10-19)15-32-16-24(40-31)35-26(38)34-22-13-20(27(28,29)30)12-21(14-22)33-23(36)11-17-5-3-2-4-6-17;1-2/h2-10,12-14,16,32H,11,15,31H2,1H3,(H,33,36)(H2,34,35,38);1-2H3/b24-16-;. The number of carbonyl (C=O) groups is 3. The van der Waals surface area contributed by atoms with Crippen molar-refractivity contribution in [3.05, 3.63) is 107 Å². The van der Waals surface area contributed by atoms with Crippen molar-refractivity contribution in [2.24, 2.45) is 5.90 Å². The Hall–Kier alpha value is -5.04. The highest BCUT2D eigenvalue weighted by Crippen LogP contribution is 2.33. The summed E-state index contributed by atoms with van der Waals surface area (Å²) in [5.74, 6) is 3.93. The zero-order valence-corrected chi connectivity index (χ0v) is 23.2. The first kappa shape index (κ1) is 33.2. The van der Waals surface area contributed by atoms with E-state index in [0.717, 1.165) is 17.7 Å². The van der Waals surface area contributed by atoms with Crippen LogP contribution in [0.25, 0.3) is 0 Å². The lowest BCUT2D eigenvalue weighted by molar-refractivity contribution is -0.137. The van der Waals surface area contributed by atoms with Crippen molar-refractivity contribution >= 4 is 29.3 Å². The molecule has 3 aromatic rings. The summed E-state index contributed by atoms with van der Waals surface area (Å²) in [7, 11) is 1.27. The molecule has 0 aromatic heterocycles. The smallest absolute Gasteiger partial charge is 0.416 e. The summed E-state index contributed by atoms with van der Waals surface area (Å²) in [6.45, 7) is 4.26. The van der Waals surface area contributed by atoms with E-state index in [-0.39, 0.29) is 30.2 Å². The van der Waals surface area contributed by atoms with Crippen molar-refractivity contribution in [2.45, 2.75) is 33.0 Å². The second-order valence-electron chi connectivity index (χ2n) is 8.28. The monoisotopic (exact) mass is 587 g/mol. The van der Waals surface area contributed by atoms with Gasteiger partial charge in [0, 0.05) is 17.9 Å². The van der Waals surface area contributed by atoms with Crippen LogP contribution in [0.15, 0.2) is 84.9 Å². The highest BCUT2D eigenvalue weighted by molar-refractivity contribution is 5.95. The molecule has 0 aliphatic rings. The Labute approximate surface area is 241 Å². The van der Waals surface area contributed by atoms with Gasteiger partial charge >= 0.3 is 18.2 Å². The molecule has 0 saturated carbocycles. The number of halogens is 3. The first-order valence-corrected chi connectivity index (χ1v) is 12.7. The molecule has 13 heteroatoms. The minimum absolute atomic E-state index is 0.0508. The number of nitrogens with two attached hydrogens (primary N) is 1. The van der Waals surface area contributed by atoms with Crippen molar-refractivity contribution in [1.29, 1.82) is 0 Å². The van der Waals surface area contributed by atoms with Crippen LogP contribution in [0.2, 0.25) is 0 Å². The number of hydrogen-bond acceptors (Lipinski definition) is 7. The molecule has 42 heavy (non-hydrogen) atoms. The van der Waals surface area contributed by atoms with E-state index in [0.29, 0.717) is 11.1 Å². The molecule has 0 spiro atoms. The van der Waals surface area contributed by atoms with Crippen LogP contribution in [0.1, 0.15) is 40.9 Å². The lowest BCUT2D eigenvalue weighted by atomic mass is 10.1. The van der Waals surface area contributed by atoms with Gasteiger partial charge in [-0.2, -0.15) is 19.1 Å². The van der Waals surface area contributed by atoms with Crippen LogP contribution in [-0.4, -0.2) is 25.0 Å². The van der Waals surface area contributed by atoms with Crippen LogP contribution in [0.5, 0.6) is 0 Å². The number of methoxy groups -OCH3 is 1. The summed E-state index contributed by atoms with van der Waals surface area (Å²) < 4.78 is 45.1. The number of urea groups is 1. The van der Waals surface area contributed by atoms with Gasteiger partial charge in [-0.15, -0.1) is 0 Å². The average Bonchev–Trinajstić information content (AvgIpc) is 2.97. The summed E-state index contributed by atoms with van der Waals surface area (Å²) in [6, 6.07) is 16.9. The molecule has 224 valence electrons. The fraction of sp³-hybridized carbons (Fsp3) is 0.207. The van der Waals surface area contributed by atoms with E-state index < -0.39 is 29.6 Å². The van der Waals surface area contributed by atoms with E-state index in [1.54, 1.807) is 54.6 Å². The van der Waals surface area contributed by atoms with Crippen molar-refractivity contribution in [2.75, 3.05) is 17.7 Å². The topological polar surface area (TPSA) is 144 Å². The lowest BCUT2D eigenvalue weighted by Crippen LogP contribution is -2.31. The SMILES string of the molecule is CC.COC(=O)c1ccc(CN/C=C(/NC(=O)Nc2cc(NC(=O)Cc3ccccc3)cc(C(F)(F)F)c2)ON)cc1. The van der Waals surface area contributed by atoms with E-state index >= 15 is 0 Å². The Morgan fingerprint density at radius 1 is 0.881 bits per heavy atom. The third-order valence-electron chi connectivity index (χ3n) is 5.29. The predicted octanol–water partition coefficient (Wildman–Crippen LogP) is 5.30. The molecule has 3 aromatic carbocycles. The number of esters is 1. The molecule has 0 aliphatic carbocycles. The van der Waals surface area contributed by atoms with Gasteiger partial charge in [0.05, 0.1) is 30.9 Å². The van der Waals surface area contributed by atoms with E-state index in [1.807, 2.05) is 13.8 Å². The predicted molar refractivity (Wildman–Crippen MR) is 152 cm³/mol. The largest absolute Gasteiger partial charge is 0.465 e. The highest BCUT2D eigenvalue weighted by atomic mass is 19.4. The lowest BCUT2D eigenvalue weighted by Gasteiger charge is -2.15. The van der Waals surface area contributed by atoms with E-state index in [2.05, 4.69) is 30.8 Å². The summed E-state index contributed by atoms with van der Waals surface area (Å²) in [5, 5.41) is 9.78. The number of rotatable bonds is 10. The van der Waals surface area contributed by atoms with E-state index in [1.165, 1.54) is 19.4 Å². The van der Waals surface area contributed by atoms with Gasteiger partial charge in [0.15, 0.2) is 0 Å². The Kier molecular flexibility index (Phi) is 12.9. The van der Waals surface area contributed by atoms with Crippen LogP contribution in [0.3, 0.4) is 0 Å². The molecular weight excluding hydrogens is 555 g/mol.